The van der Waals surface area contributed by atoms with Gasteiger partial charge in [0.1, 0.15) is 98.2 Å². The molecule has 4 heterocycles. The molecule has 4 aliphatic rings. The van der Waals surface area contributed by atoms with E-state index >= 15 is 0 Å². The van der Waals surface area contributed by atoms with Crippen LogP contribution in [0.2, 0.25) is 0 Å². The van der Waals surface area contributed by atoms with Crippen LogP contribution in [0.25, 0.3) is 0 Å². The normalized spacial score (nSPS) is 52.9. The highest BCUT2D eigenvalue weighted by molar-refractivity contribution is 4.98. The molecule has 0 aliphatic carbocycles. The Kier molecular flexibility index (Phi) is 12.5. The van der Waals surface area contributed by atoms with Gasteiger partial charge in [0.15, 0.2) is 18.9 Å². The van der Waals surface area contributed by atoms with Gasteiger partial charge in [-0.1, -0.05) is 0 Å². The molecule has 0 amide bonds. The van der Waals surface area contributed by atoms with Gasteiger partial charge in [0.05, 0.1) is 26.4 Å². The molecular formula is C24H42O21. The largest absolute Gasteiger partial charge is 0.394 e. The molecule has 0 bridgehead atoms. The summed E-state index contributed by atoms with van der Waals surface area (Å²) in [6, 6.07) is 0. The molecule has 14 N–H and O–H groups in total. The van der Waals surface area contributed by atoms with Crippen LogP contribution in [-0.2, 0) is 33.2 Å². The average molecular weight is 667 g/mol. The maximum absolute atomic E-state index is 10.9. The lowest BCUT2D eigenvalue weighted by Gasteiger charge is -2.50. The molecule has 0 aromatic heterocycles. The molecule has 1 unspecified atom stereocenters. The molecule has 4 rings (SSSR count). The van der Waals surface area contributed by atoms with Crippen molar-refractivity contribution < 1.29 is 105 Å². The van der Waals surface area contributed by atoms with Gasteiger partial charge in [-0.25, -0.2) is 0 Å². The molecule has 45 heavy (non-hydrogen) atoms. The van der Waals surface area contributed by atoms with Gasteiger partial charge in [-0.05, 0) is 0 Å². The Bertz CT molecular complexity index is 927. The highest BCUT2D eigenvalue weighted by Crippen LogP contribution is 2.35. The van der Waals surface area contributed by atoms with Crippen LogP contribution in [0.4, 0.5) is 0 Å². The number of ether oxygens (including phenoxy) is 7. The molecular weight excluding hydrogens is 624 g/mol. The fourth-order valence-corrected chi connectivity index (χ4v) is 5.50. The zero-order valence-corrected chi connectivity index (χ0v) is 23.5. The van der Waals surface area contributed by atoms with Gasteiger partial charge in [0.2, 0.25) is 5.79 Å². The van der Waals surface area contributed by atoms with Crippen molar-refractivity contribution in [2.45, 2.75) is 116 Å². The molecule has 0 spiro atoms. The summed E-state index contributed by atoms with van der Waals surface area (Å²) in [7, 11) is 0. The second-order valence-corrected chi connectivity index (χ2v) is 11.2. The van der Waals surface area contributed by atoms with Gasteiger partial charge >= 0.3 is 0 Å². The first kappa shape index (κ1) is 37.0. The van der Waals surface area contributed by atoms with Gasteiger partial charge in [0.25, 0.3) is 0 Å². The maximum Gasteiger partial charge on any atom is 0.223 e. The summed E-state index contributed by atoms with van der Waals surface area (Å²) in [6.07, 6.45) is -32.5. The van der Waals surface area contributed by atoms with Crippen LogP contribution in [0.5, 0.6) is 0 Å². The minimum Gasteiger partial charge on any atom is -0.394 e. The van der Waals surface area contributed by atoms with Gasteiger partial charge < -0.3 is 105 Å². The highest BCUT2D eigenvalue weighted by atomic mass is 16.8. The number of hydrogen-bond donors (Lipinski definition) is 14. The number of aliphatic hydroxyl groups is 14. The van der Waals surface area contributed by atoms with E-state index in [0.717, 1.165) is 0 Å². The van der Waals surface area contributed by atoms with Crippen LogP contribution in [0.3, 0.4) is 0 Å². The Balaban J connectivity index is 1.44. The average Bonchev–Trinajstić information content (AvgIpc) is 3.04. The summed E-state index contributed by atoms with van der Waals surface area (Å²) in [5.41, 5.74) is 0. The number of aliphatic hydroxyl groups excluding tert-OH is 14. The van der Waals surface area contributed by atoms with Crippen molar-refractivity contribution in [3.8, 4) is 0 Å². The van der Waals surface area contributed by atoms with Crippen LogP contribution in [0.1, 0.15) is 0 Å². The maximum atomic E-state index is 10.9. The van der Waals surface area contributed by atoms with E-state index in [1.165, 1.54) is 0 Å². The monoisotopic (exact) mass is 666 g/mol. The van der Waals surface area contributed by atoms with Crippen molar-refractivity contribution >= 4 is 0 Å². The minimum atomic E-state index is -2.44. The summed E-state index contributed by atoms with van der Waals surface area (Å²) in [6.45, 7) is -4.33. The summed E-state index contributed by atoms with van der Waals surface area (Å²) >= 11 is 0. The third-order valence-electron chi connectivity index (χ3n) is 8.28. The minimum absolute atomic E-state index is 0.605. The predicted octanol–water partition coefficient (Wildman–Crippen LogP) is -9.75. The quantitative estimate of drug-likeness (QED) is 0.103. The molecule has 0 aromatic rings. The van der Waals surface area contributed by atoms with E-state index in [4.69, 9.17) is 33.2 Å². The standard InChI is InChI=1S/C24H42O21/c25-1-7-11(31)12(32)15(35)21(40-7)43-18-8(2-26)41-22(16(36)13(18)33)44-19-9(3-27)42-23(17(37)14(19)34)45-24(5-28)20(38)10(30)6(29)4-39-24/h6-23,25-38H,1-5H2/t6-,7-,8-,9-,10-,11-,12+,13-,14-,15-,16-,17-,18-,19-,20+,21-,22-,23-,24?/m1/s1. The molecule has 21 heteroatoms. The summed E-state index contributed by atoms with van der Waals surface area (Å²) in [5, 5.41) is 143. The lowest BCUT2D eigenvalue weighted by atomic mass is 9.95. The van der Waals surface area contributed by atoms with Crippen molar-refractivity contribution in [3.63, 3.8) is 0 Å². The first-order chi connectivity index (χ1) is 21.2. The van der Waals surface area contributed by atoms with Crippen LogP contribution in [0, 0.1) is 0 Å². The Morgan fingerprint density at radius 1 is 0.511 bits per heavy atom. The molecule has 19 atom stereocenters. The fourth-order valence-electron chi connectivity index (χ4n) is 5.50. The zero-order valence-electron chi connectivity index (χ0n) is 23.5. The third-order valence-corrected chi connectivity index (χ3v) is 8.28. The molecule has 4 aliphatic heterocycles. The second kappa shape index (κ2) is 15.1. The van der Waals surface area contributed by atoms with Crippen molar-refractivity contribution in [2.24, 2.45) is 0 Å². The van der Waals surface area contributed by atoms with Crippen molar-refractivity contribution in [1.29, 1.82) is 0 Å². The van der Waals surface area contributed by atoms with E-state index in [9.17, 15) is 71.5 Å². The van der Waals surface area contributed by atoms with Crippen LogP contribution in [0.15, 0.2) is 0 Å². The summed E-state index contributed by atoms with van der Waals surface area (Å²) in [5.74, 6) is -2.44. The molecule has 4 fully saturated rings. The zero-order chi connectivity index (χ0) is 33.4. The van der Waals surface area contributed by atoms with Crippen LogP contribution >= 0.6 is 0 Å². The van der Waals surface area contributed by atoms with Crippen LogP contribution < -0.4 is 0 Å². The van der Waals surface area contributed by atoms with Crippen molar-refractivity contribution in [2.75, 3.05) is 33.0 Å². The smallest absolute Gasteiger partial charge is 0.223 e. The predicted molar refractivity (Wildman–Crippen MR) is 134 cm³/mol. The van der Waals surface area contributed by atoms with E-state index in [2.05, 4.69) is 0 Å². The Labute approximate surface area is 254 Å². The molecule has 0 aromatic carbocycles. The molecule has 0 radical (unpaired) electrons. The van der Waals surface area contributed by atoms with Crippen molar-refractivity contribution in [3.05, 3.63) is 0 Å². The first-order valence-electron chi connectivity index (χ1n) is 14.1. The van der Waals surface area contributed by atoms with E-state index in [0.29, 0.717) is 0 Å². The summed E-state index contributed by atoms with van der Waals surface area (Å²) < 4.78 is 37.8. The van der Waals surface area contributed by atoms with Crippen molar-refractivity contribution in [1.82, 2.24) is 0 Å². The lowest BCUT2D eigenvalue weighted by molar-refractivity contribution is -0.423. The first-order valence-corrected chi connectivity index (χ1v) is 14.1. The van der Waals surface area contributed by atoms with E-state index in [1.807, 2.05) is 0 Å². The van der Waals surface area contributed by atoms with Gasteiger partial charge in [-0.15, -0.1) is 0 Å². The number of hydrogen-bond acceptors (Lipinski definition) is 21. The molecule has 21 nitrogen and oxygen atoms in total. The van der Waals surface area contributed by atoms with E-state index in [-0.39, 0.29) is 0 Å². The van der Waals surface area contributed by atoms with Gasteiger partial charge in [-0.3, -0.25) is 0 Å². The Morgan fingerprint density at radius 3 is 1.44 bits per heavy atom. The second-order valence-electron chi connectivity index (χ2n) is 11.2. The number of rotatable bonds is 10. The van der Waals surface area contributed by atoms with Gasteiger partial charge in [-0.2, -0.15) is 0 Å². The lowest BCUT2D eigenvalue weighted by Crippen LogP contribution is -2.69. The molecule has 4 saturated heterocycles. The molecule has 0 saturated carbocycles. The van der Waals surface area contributed by atoms with E-state index in [1.54, 1.807) is 0 Å². The Morgan fingerprint density at radius 2 is 0.956 bits per heavy atom. The highest BCUT2D eigenvalue weighted by Gasteiger charge is 2.57. The van der Waals surface area contributed by atoms with E-state index < -0.39 is 149 Å². The SMILES string of the molecule is OC[C@H]1O[C@H](O[C@H]2[C@H](O)[C@@H](O)[C@@H](O[C@H]3[C@H](O)[C@@H](O)[C@@H](OC4(CO)OC[C@@H](O)[C@@H](O)[C@@H]4O)O[C@@H]3CO)O[C@@H]2CO)[C@H](O)[C@@H](O)[C@@H]1O. The third kappa shape index (κ3) is 7.15. The topological polar surface area (TPSA) is 348 Å². The Hall–Kier alpha value is -0.840. The van der Waals surface area contributed by atoms with Gasteiger partial charge in [0, 0.05) is 0 Å². The molecule has 264 valence electrons. The fraction of sp³-hybridized carbons (Fsp3) is 1.00. The van der Waals surface area contributed by atoms with Crippen LogP contribution in [-0.4, -0.2) is 221 Å². The summed E-state index contributed by atoms with van der Waals surface area (Å²) in [4.78, 5) is 0.